The van der Waals surface area contributed by atoms with Crippen LogP contribution in [0.4, 0.5) is 5.69 Å². The molecule has 0 saturated carbocycles. The summed E-state index contributed by atoms with van der Waals surface area (Å²) in [5.41, 5.74) is 0.614. The fraction of sp³-hybridized carbons (Fsp3) is 0.0833. The number of carboxylic acids is 1. The molecule has 0 atom stereocenters. The average molecular weight is 245 g/mol. The van der Waals surface area contributed by atoms with E-state index in [-0.39, 0.29) is 18.1 Å². The van der Waals surface area contributed by atoms with Gasteiger partial charge in [0.25, 0.3) is 0 Å². The summed E-state index contributed by atoms with van der Waals surface area (Å²) in [6, 6.07) is 9.03. The molecule has 2 rings (SSSR count). The molecule has 18 heavy (non-hydrogen) atoms. The molecule has 2 N–H and O–H groups in total. The van der Waals surface area contributed by atoms with Gasteiger partial charge >= 0.3 is 5.97 Å². The highest BCUT2D eigenvalue weighted by Gasteiger charge is 2.08. The SMILES string of the molecule is O=C(Cn1cnc(C(=O)O)c1)Nc1ccccc1. The maximum Gasteiger partial charge on any atom is 0.356 e. The Bertz CT molecular complexity index is 563. The molecule has 0 spiro atoms. The Morgan fingerprint density at radius 1 is 1.28 bits per heavy atom. The number of carbonyl (C=O) groups excluding carboxylic acids is 1. The summed E-state index contributed by atoms with van der Waals surface area (Å²) in [5, 5.41) is 11.4. The van der Waals surface area contributed by atoms with Gasteiger partial charge in [0.2, 0.25) is 5.91 Å². The van der Waals surface area contributed by atoms with Crippen molar-refractivity contribution in [3.8, 4) is 0 Å². The third-order valence-electron chi connectivity index (χ3n) is 2.24. The van der Waals surface area contributed by atoms with Crippen LogP contribution in [0.25, 0.3) is 0 Å². The number of anilines is 1. The van der Waals surface area contributed by atoms with Crippen molar-refractivity contribution in [2.45, 2.75) is 6.54 Å². The summed E-state index contributed by atoms with van der Waals surface area (Å²) in [4.78, 5) is 25.9. The first kappa shape index (κ1) is 11.8. The molecule has 6 heteroatoms. The summed E-state index contributed by atoms with van der Waals surface area (Å²) in [6.07, 6.45) is 2.63. The number of para-hydroxylation sites is 1. The van der Waals surface area contributed by atoms with E-state index < -0.39 is 5.97 Å². The normalized spacial score (nSPS) is 10.0. The number of nitrogens with zero attached hydrogens (tertiary/aromatic N) is 2. The van der Waals surface area contributed by atoms with E-state index in [1.165, 1.54) is 17.1 Å². The number of hydrogen-bond acceptors (Lipinski definition) is 3. The standard InChI is InChI=1S/C12H11N3O3/c16-11(14-9-4-2-1-3-5-9)7-15-6-10(12(17)18)13-8-15/h1-6,8H,7H2,(H,14,16)(H,17,18). The summed E-state index contributed by atoms with van der Waals surface area (Å²) >= 11 is 0. The van der Waals surface area contributed by atoms with E-state index in [0.717, 1.165) is 0 Å². The predicted molar refractivity (Wildman–Crippen MR) is 64.3 cm³/mol. The molecule has 6 nitrogen and oxygen atoms in total. The van der Waals surface area contributed by atoms with E-state index >= 15 is 0 Å². The minimum absolute atomic E-state index is 0.0230. The van der Waals surface area contributed by atoms with Gasteiger partial charge < -0.3 is 15.0 Å². The van der Waals surface area contributed by atoms with E-state index in [1.807, 2.05) is 18.2 Å². The number of nitrogens with one attached hydrogen (secondary N) is 1. The lowest BCUT2D eigenvalue weighted by Gasteiger charge is -2.04. The molecule has 0 fully saturated rings. The number of amides is 1. The second-order valence-electron chi connectivity index (χ2n) is 3.65. The van der Waals surface area contributed by atoms with Gasteiger partial charge in [0.05, 0.1) is 6.33 Å². The molecule has 2 aromatic rings. The molecule has 0 saturated heterocycles. The number of carboxylic acid groups (broad SMARTS) is 1. The minimum Gasteiger partial charge on any atom is -0.476 e. The smallest absolute Gasteiger partial charge is 0.356 e. The molecule has 1 heterocycles. The Morgan fingerprint density at radius 2 is 2.00 bits per heavy atom. The number of hydrogen-bond donors (Lipinski definition) is 2. The fourth-order valence-electron chi connectivity index (χ4n) is 1.44. The van der Waals surface area contributed by atoms with Crippen LogP contribution in [-0.2, 0) is 11.3 Å². The van der Waals surface area contributed by atoms with Crippen LogP contribution in [0, 0.1) is 0 Å². The molecule has 92 valence electrons. The largest absolute Gasteiger partial charge is 0.476 e. The van der Waals surface area contributed by atoms with Gasteiger partial charge in [-0.05, 0) is 12.1 Å². The van der Waals surface area contributed by atoms with Crippen LogP contribution in [-0.4, -0.2) is 26.5 Å². The molecule has 0 aliphatic carbocycles. The average Bonchev–Trinajstić information content (AvgIpc) is 2.78. The number of aromatic nitrogens is 2. The second kappa shape index (κ2) is 5.13. The molecule has 0 aliphatic heterocycles. The zero-order valence-corrected chi connectivity index (χ0v) is 9.41. The van der Waals surface area contributed by atoms with Crippen molar-refractivity contribution in [3.63, 3.8) is 0 Å². The number of aromatic carboxylic acids is 1. The van der Waals surface area contributed by atoms with Crippen LogP contribution in [0.2, 0.25) is 0 Å². The van der Waals surface area contributed by atoms with Crippen molar-refractivity contribution in [3.05, 3.63) is 48.5 Å². The molecule has 0 unspecified atom stereocenters. The molecule has 1 aromatic carbocycles. The van der Waals surface area contributed by atoms with Crippen molar-refractivity contribution in [2.75, 3.05) is 5.32 Å². The van der Waals surface area contributed by atoms with E-state index in [9.17, 15) is 9.59 Å². The summed E-state index contributed by atoms with van der Waals surface area (Å²) in [5.74, 6) is -1.35. The van der Waals surface area contributed by atoms with Crippen LogP contribution in [0.3, 0.4) is 0 Å². The van der Waals surface area contributed by atoms with Crippen molar-refractivity contribution in [2.24, 2.45) is 0 Å². The molecular weight excluding hydrogens is 234 g/mol. The van der Waals surface area contributed by atoms with Crippen LogP contribution in [0.15, 0.2) is 42.9 Å². The van der Waals surface area contributed by atoms with E-state index in [4.69, 9.17) is 5.11 Å². The van der Waals surface area contributed by atoms with Crippen molar-refractivity contribution in [1.82, 2.24) is 9.55 Å². The van der Waals surface area contributed by atoms with Crippen LogP contribution >= 0.6 is 0 Å². The molecule has 0 bridgehead atoms. The third-order valence-corrected chi connectivity index (χ3v) is 2.24. The summed E-state index contributed by atoms with van der Waals surface area (Å²) in [6.45, 7) is 0.0230. The van der Waals surface area contributed by atoms with E-state index in [1.54, 1.807) is 12.1 Å². The first-order valence-electron chi connectivity index (χ1n) is 5.25. The lowest BCUT2D eigenvalue weighted by Crippen LogP contribution is -2.17. The highest BCUT2D eigenvalue weighted by atomic mass is 16.4. The molecule has 1 aromatic heterocycles. The Balaban J connectivity index is 1.97. The van der Waals surface area contributed by atoms with Gasteiger partial charge in [-0.15, -0.1) is 0 Å². The predicted octanol–water partition coefficient (Wildman–Crippen LogP) is 1.22. The van der Waals surface area contributed by atoms with E-state index in [2.05, 4.69) is 10.3 Å². The Morgan fingerprint density at radius 3 is 2.61 bits per heavy atom. The number of imidazole rings is 1. The van der Waals surface area contributed by atoms with Gasteiger partial charge in [-0.2, -0.15) is 0 Å². The van der Waals surface area contributed by atoms with E-state index in [0.29, 0.717) is 5.69 Å². The summed E-state index contributed by atoms with van der Waals surface area (Å²) < 4.78 is 1.42. The van der Waals surface area contributed by atoms with Crippen LogP contribution in [0.5, 0.6) is 0 Å². The monoisotopic (exact) mass is 245 g/mol. The maximum atomic E-state index is 11.7. The van der Waals surface area contributed by atoms with Crippen molar-refractivity contribution < 1.29 is 14.7 Å². The third kappa shape index (κ3) is 2.94. The van der Waals surface area contributed by atoms with Crippen molar-refractivity contribution in [1.29, 1.82) is 0 Å². The molecular formula is C12H11N3O3. The van der Waals surface area contributed by atoms with Gasteiger partial charge in [-0.1, -0.05) is 18.2 Å². The Labute approximate surface area is 103 Å². The Kier molecular flexibility index (Phi) is 3.38. The van der Waals surface area contributed by atoms with Gasteiger partial charge in [-0.3, -0.25) is 4.79 Å². The number of rotatable bonds is 4. The minimum atomic E-state index is -1.11. The first-order valence-corrected chi connectivity index (χ1v) is 5.25. The Hall–Kier alpha value is -2.63. The number of carbonyl (C=O) groups is 2. The number of benzene rings is 1. The topological polar surface area (TPSA) is 84.2 Å². The molecule has 1 amide bonds. The zero-order valence-electron chi connectivity index (χ0n) is 9.41. The lowest BCUT2D eigenvalue weighted by molar-refractivity contribution is -0.116. The highest BCUT2D eigenvalue weighted by Crippen LogP contribution is 2.05. The highest BCUT2D eigenvalue weighted by molar-refractivity contribution is 5.90. The van der Waals surface area contributed by atoms with Crippen molar-refractivity contribution >= 4 is 17.6 Å². The maximum absolute atomic E-state index is 11.7. The second-order valence-corrected chi connectivity index (χ2v) is 3.65. The van der Waals surface area contributed by atoms with Crippen LogP contribution in [0.1, 0.15) is 10.5 Å². The van der Waals surface area contributed by atoms with Gasteiger partial charge in [0, 0.05) is 11.9 Å². The fourth-order valence-corrected chi connectivity index (χ4v) is 1.44. The van der Waals surface area contributed by atoms with Gasteiger partial charge in [0.1, 0.15) is 6.54 Å². The van der Waals surface area contributed by atoms with Gasteiger partial charge in [0.15, 0.2) is 5.69 Å². The molecule has 0 radical (unpaired) electrons. The quantitative estimate of drug-likeness (QED) is 0.848. The lowest BCUT2D eigenvalue weighted by atomic mass is 10.3. The first-order chi connectivity index (χ1) is 8.65. The van der Waals surface area contributed by atoms with Gasteiger partial charge in [-0.25, -0.2) is 9.78 Å². The van der Waals surface area contributed by atoms with Crippen LogP contribution < -0.4 is 5.32 Å². The zero-order chi connectivity index (χ0) is 13.0. The molecule has 0 aliphatic rings. The summed E-state index contributed by atoms with van der Waals surface area (Å²) in [7, 11) is 0.